The van der Waals surface area contributed by atoms with Gasteiger partial charge >= 0.3 is 0 Å². The summed E-state index contributed by atoms with van der Waals surface area (Å²) in [6.07, 6.45) is 3.25. The van der Waals surface area contributed by atoms with Gasteiger partial charge < -0.3 is 14.7 Å². The van der Waals surface area contributed by atoms with Gasteiger partial charge in [-0.05, 0) is 37.9 Å². The second-order valence-corrected chi connectivity index (χ2v) is 10.2. The quantitative estimate of drug-likeness (QED) is 0.738. The van der Waals surface area contributed by atoms with Crippen LogP contribution >= 0.6 is 11.8 Å². The number of hydrogen-bond acceptors (Lipinski definition) is 4. The predicted molar refractivity (Wildman–Crippen MR) is 120 cm³/mol. The largest absolute Gasteiger partial charge is 0.340 e. The predicted octanol–water partition coefficient (Wildman–Crippen LogP) is 3.10. The van der Waals surface area contributed by atoms with Crippen molar-refractivity contribution in [3.05, 3.63) is 35.9 Å². The van der Waals surface area contributed by atoms with E-state index in [1.54, 1.807) is 16.7 Å². The standard InChI is InChI=1S/C23H35N3O2S/c1-23(2,3)22(28)26-18-29-17-20(26)21(27)25-14-8-13-24(15-16-25)12-7-11-19-9-5-4-6-10-19/h4-6,9-10,20H,7-8,11-18H2,1-3H3. The van der Waals surface area contributed by atoms with Crippen molar-refractivity contribution in [1.82, 2.24) is 14.7 Å². The molecule has 0 aromatic heterocycles. The molecule has 2 saturated heterocycles. The van der Waals surface area contributed by atoms with E-state index in [1.165, 1.54) is 5.56 Å². The summed E-state index contributed by atoms with van der Waals surface area (Å²) >= 11 is 1.69. The fourth-order valence-corrected chi connectivity index (χ4v) is 5.20. The van der Waals surface area contributed by atoms with Crippen LogP contribution in [-0.4, -0.2) is 76.9 Å². The maximum absolute atomic E-state index is 13.2. The Balaban J connectivity index is 1.49. The van der Waals surface area contributed by atoms with Gasteiger partial charge in [0.05, 0.1) is 5.88 Å². The Morgan fingerprint density at radius 1 is 1.07 bits per heavy atom. The summed E-state index contributed by atoms with van der Waals surface area (Å²) in [5.41, 5.74) is 0.944. The van der Waals surface area contributed by atoms with Gasteiger partial charge in [-0.15, -0.1) is 11.8 Å². The molecule has 0 N–H and O–H groups in total. The Labute approximate surface area is 179 Å². The van der Waals surface area contributed by atoms with Gasteiger partial charge in [-0.1, -0.05) is 51.1 Å². The summed E-state index contributed by atoms with van der Waals surface area (Å²) in [6.45, 7) is 10.4. The normalized spacial score (nSPS) is 21.3. The number of benzene rings is 1. The molecule has 5 nitrogen and oxygen atoms in total. The highest BCUT2D eigenvalue weighted by Crippen LogP contribution is 2.28. The summed E-state index contributed by atoms with van der Waals surface area (Å²) in [7, 11) is 0. The lowest BCUT2D eigenvalue weighted by molar-refractivity contribution is -0.147. The van der Waals surface area contributed by atoms with Crippen molar-refractivity contribution in [2.75, 3.05) is 44.4 Å². The van der Waals surface area contributed by atoms with E-state index in [0.717, 1.165) is 57.7 Å². The molecule has 0 spiro atoms. The van der Waals surface area contributed by atoms with Crippen LogP contribution in [0.25, 0.3) is 0 Å². The van der Waals surface area contributed by atoms with Crippen LogP contribution in [0.1, 0.15) is 39.2 Å². The molecule has 1 aromatic carbocycles. The first-order valence-electron chi connectivity index (χ1n) is 10.8. The molecule has 1 aromatic rings. The SMILES string of the molecule is CC(C)(C)C(=O)N1CSCC1C(=O)N1CCCN(CCCc2ccccc2)CC1. The van der Waals surface area contributed by atoms with E-state index in [9.17, 15) is 9.59 Å². The molecule has 3 rings (SSSR count). The van der Waals surface area contributed by atoms with Crippen LogP contribution < -0.4 is 0 Å². The maximum atomic E-state index is 13.2. The van der Waals surface area contributed by atoms with E-state index in [0.29, 0.717) is 5.88 Å². The van der Waals surface area contributed by atoms with Gasteiger partial charge in [0, 0.05) is 30.8 Å². The first-order chi connectivity index (χ1) is 13.9. The van der Waals surface area contributed by atoms with Crippen molar-refractivity contribution in [3.63, 3.8) is 0 Å². The van der Waals surface area contributed by atoms with Crippen molar-refractivity contribution >= 4 is 23.6 Å². The van der Waals surface area contributed by atoms with Crippen LogP contribution in [0.2, 0.25) is 0 Å². The van der Waals surface area contributed by atoms with Gasteiger partial charge in [0.25, 0.3) is 0 Å². The minimum absolute atomic E-state index is 0.0817. The van der Waals surface area contributed by atoms with Gasteiger partial charge in [0.15, 0.2) is 0 Å². The molecule has 0 saturated carbocycles. The van der Waals surface area contributed by atoms with Crippen LogP contribution in [0.4, 0.5) is 0 Å². The van der Waals surface area contributed by atoms with Gasteiger partial charge in [-0.25, -0.2) is 0 Å². The van der Waals surface area contributed by atoms with E-state index in [2.05, 4.69) is 35.2 Å². The number of nitrogens with zero attached hydrogens (tertiary/aromatic N) is 3. The number of aryl methyl sites for hydroxylation is 1. The Hall–Kier alpha value is -1.53. The van der Waals surface area contributed by atoms with E-state index in [1.807, 2.05) is 25.7 Å². The summed E-state index contributed by atoms with van der Waals surface area (Å²) in [5.74, 6) is 1.57. The molecule has 0 radical (unpaired) electrons. The molecule has 1 atom stereocenters. The zero-order chi connectivity index (χ0) is 20.9. The van der Waals surface area contributed by atoms with Crippen LogP contribution in [0, 0.1) is 5.41 Å². The molecule has 1 unspecified atom stereocenters. The molecule has 160 valence electrons. The number of carbonyl (C=O) groups is 2. The fraction of sp³-hybridized carbons (Fsp3) is 0.652. The first-order valence-corrected chi connectivity index (χ1v) is 12.0. The van der Waals surface area contributed by atoms with Crippen molar-refractivity contribution in [2.45, 2.75) is 46.1 Å². The highest BCUT2D eigenvalue weighted by Gasteiger charge is 2.40. The number of rotatable bonds is 5. The van der Waals surface area contributed by atoms with Crippen LogP contribution in [0.15, 0.2) is 30.3 Å². The Morgan fingerprint density at radius 3 is 2.55 bits per heavy atom. The van der Waals surface area contributed by atoms with Crippen LogP contribution in [0.5, 0.6) is 0 Å². The highest BCUT2D eigenvalue weighted by molar-refractivity contribution is 7.99. The summed E-state index contributed by atoms with van der Waals surface area (Å²) in [4.78, 5) is 32.2. The number of carbonyl (C=O) groups excluding carboxylic acids is 2. The summed E-state index contributed by atoms with van der Waals surface area (Å²) < 4.78 is 0. The molecular weight excluding hydrogens is 382 g/mol. The number of amides is 2. The molecule has 29 heavy (non-hydrogen) atoms. The molecular formula is C23H35N3O2S. The lowest BCUT2D eigenvalue weighted by Crippen LogP contribution is -2.52. The van der Waals surface area contributed by atoms with E-state index in [4.69, 9.17) is 0 Å². The zero-order valence-electron chi connectivity index (χ0n) is 18.1. The molecule has 2 heterocycles. The monoisotopic (exact) mass is 417 g/mol. The lowest BCUT2D eigenvalue weighted by atomic mass is 9.94. The first kappa shape index (κ1) is 22.2. The third kappa shape index (κ3) is 5.98. The summed E-state index contributed by atoms with van der Waals surface area (Å²) in [5, 5.41) is 0. The van der Waals surface area contributed by atoms with E-state index >= 15 is 0 Å². The second-order valence-electron chi connectivity index (χ2n) is 9.15. The van der Waals surface area contributed by atoms with Gasteiger partial charge in [0.1, 0.15) is 6.04 Å². The van der Waals surface area contributed by atoms with E-state index in [-0.39, 0.29) is 17.9 Å². The average Bonchev–Trinajstić information content (AvgIpc) is 3.06. The highest BCUT2D eigenvalue weighted by atomic mass is 32.2. The lowest BCUT2D eigenvalue weighted by Gasteiger charge is -2.32. The number of thioether (sulfide) groups is 1. The van der Waals surface area contributed by atoms with Gasteiger partial charge in [0.2, 0.25) is 11.8 Å². The van der Waals surface area contributed by atoms with Crippen molar-refractivity contribution in [2.24, 2.45) is 5.41 Å². The van der Waals surface area contributed by atoms with Crippen LogP contribution in [-0.2, 0) is 16.0 Å². The maximum Gasteiger partial charge on any atom is 0.246 e. The molecule has 6 heteroatoms. The van der Waals surface area contributed by atoms with Crippen LogP contribution in [0.3, 0.4) is 0 Å². The molecule has 0 bridgehead atoms. The minimum Gasteiger partial charge on any atom is -0.340 e. The second kappa shape index (κ2) is 9.98. The fourth-order valence-electron chi connectivity index (χ4n) is 4.06. The van der Waals surface area contributed by atoms with Gasteiger partial charge in [-0.2, -0.15) is 0 Å². The molecule has 2 amide bonds. The third-order valence-electron chi connectivity index (χ3n) is 5.75. The van der Waals surface area contributed by atoms with Crippen molar-refractivity contribution < 1.29 is 9.59 Å². The molecule has 2 aliphatic heterocycles. The van der Waals surface area contributed by atoms with Crippen molar-refractivity contribution in [1.29, 1.82) is 0 Å². The molecule has 2 fully saturated rings. The Kier molecular flexibility index (Phi) is 7.63. The van der Waals surface area contributed by atoms with E-state index < -0.39 is 5.41 Å². The molecule has 0 aliphatic carbocycles. The smallest absolute Gasteiger partial charge is 0.246 e. The minimum atomic E-state index is -0.447. The molecule has 2 aliphatic rings. The third-order valence-corrected chi connectivity index (χ3v) is 6.76. The topological polar surface area (TPSA) is 43.9 Å². The Bertz CT molecular complexity index is 689. The zero-order valence-corrected chi connectivity index (χ0v) is 18.9. The van der Waals surface area contributed by atoms with Gasteiger partial charge in [-0.3, -0.25) is 9.59 Å². The summed E-state index contributed by atoms with van der Waals surface area (Å²) in [6, 6.07) is 10.3. The van der Waals surface area contributed by atoms with Crippen molar-refractivity contribution in [3.8, 4) is 0 Å². The number of hydrogen-bond donors (Lipinski definition) is 0. The average molecular weight is 418 g/mol. The Morgan fingerprint density at radius 2 is 1.83 bits per heavy atom.